The maximum absolute atomic E-state index is 11.9. The van der Waals surface area contributed by atoms with Gasteiger partial charge in [-0.3, -0.25) is 9.58 Å². The van der Waals surface area contributed by atoms with Gasteiger partial charge in [-0.05, 0) is 25.8 Å². The van der Waals surface area contributed by atoms with Crippen LogP contribution in [-0.2, 0) is 18.3 Å². The van der Waals surface area contributed by atoms with Crippen LogP contribution < -0.4 is 5.73 Å². The molecule has 0 aliphatic carbocycles. The summed E-state index contributed by atoms with van der Waals surface area (Å²) in [5, 5.41) is 4.18. The Balaban J connectivity index is 2.09. The second-order valence-electron chi connectivity index (χ2n) is 5.51. The fourth-order valence-electron chi connectivity index (χ4n) is 2.55. The van der Waals surface area contributed by atoms with Gasteiger partial charge in [0.2, 0.25) is 0 Å². The molecule has 2 heterocycles. The first kappa shape index (κ1) is 15.0. The monoisotopic (exact) mass is 280 g/mol. The minimum absolute atomic E-state index is 0.197. The molecule has 1 fully saturated rings. The Morgan fingerprint density at radius 2 is 2.35 bits per heavy atom. The molecule has 0 bridgehead atoms. The molecule has 1 aromatic rings. The van der Waals surface area contributed by atoms with Gasteiger partial charge < -0.3 is 10.5 Å². The number of aryl methyl sites for hydroxylation is 1. The van der Waals surface area contributed by atoms with E-state index in [1.807, 2.05) is 7.05 Å². The van der Waals surface area contributed by atoms with Crippen molar-refractivity contribution in [1.82, 2.24) is 14.7 Å². The molecule has 1 aliphatic heterocycles. The second kappa shape index (κ2) is 6.37. The first-order valence-electron chi connectivity index (χ1n) is 7.18. The zero-order valence-electron chi connectivity index (χ0n) is 12.5. The highest BCUT2D eigenvalue weighted by Gasteiger charge is 2.25. The molecule has 112 valence electrons. The average molecular weight is 280 g/mol. The lowest BCUT2D eigenvalue weighted by Crippen LogP contribution is -2.47. The van der Waals surface area contributed by atoms with Crippen molar-refractivity contribution in [2.24, 2.45) is 18.7 Å². The molecular formula is C14H24N4O2. The molecule has 2 N–H and O–H groups in total. The van der Waals surface area contributed by atoms with Gasteiger partial charge in [-0.2, -0.15) is 5.10 Å². The number of esters is 1. The number of aromatic nitrogens is 2. The summed E-state index contributed by atoms with van der Waals surface area (Å²) in [4.78, 5) is 14.2. The number of nitrogens with two attached hydrogens (primary N) is 1. The predicted octanol–water partition coefficient (Wildman–Crippen LogP) is 0.766. The van der Waals surface area contributed by atoms with Crippen LogP contribution in [0.15, 0.2) is 6.20 Å². The SMILES string of the molecule is CCOC(=O)c1cnn(C)c1CN1CCC(C)C(N)C1. The molecular weight excluding hydrogens is 256 g/mol. The molecule has 6 nitrogen and oxygen atoms in total. The molecule has 1 aliphatic rings. The number of likely N-dealkylation sites (tertiary alicyclic amines) is 1. The number of rotatable bonds is 4. The molecule has 2 unspecified atom stereocenters. The fourth-order valence-corrected chi connectivity index (χ4v) is 2.55. The molecule has 2 atom stereocenters. The topological polar surface area (TPSA) is 73.4 Å². The smallest absolute Gasteiger partial charge is 0.341 e. The zero-order valence-corrected chi connectivity index (χ0v) is 12.5. The molecule has 1 aromatic heterocycles. The first-order chi connectivity index (χ1) is 9.52. The third-order valence-electron chi connectivity index (χ3n) is 4.03. The maximum atomic E-state index is 11.9. The van der Waals surface area contributed by atoms with Gasteiger partial charge >= 0.3 is 5.97 Å². The third kappa shape index (κ3) is 3.19. The van der Waals surface area contributed by atoms with Gasteiger partial charge in [0.1, 0.15) is 5.56 Å². The van der Waals surface area contributed by atoms with Crippen molar-refractivity contribution in [3.05, 3.63) is 17.5 Å². The van der Waals surface area contributed by atoms with Gasteiger partial charge in [0.15, 0.2) is 0 Å². The number of carbonyl (C=O) groups is 1. The molecule has 0 spiro atoms. The summed E-state index contributed by atoms with van der Waals surface area (Å²) in [7, 11) is 1.85. The summed E-state index contributed by atoms with van der Waals surface area (Å²) in [6, 6.07) is 0.197. The Morgan fingerprint density at radius 3 is 3.00 bits per heavy atom. The van der Waals surface area contributed by atoms with Crippen LogP contribution >= 0.6 is 0 Å². The van der Waals surface area contributed by atoms with Crippen LogP contribution in [0, 0.1) is 5.92 Å². The zero-order chi connectivity index (χ0) is 14.7. The molecule has 0 saturated carbocycles. The highest BCUT2D eigenvalue weighted by molar-refractivity contribution is 5.90. The molecule has 2 rings (SSSR count). The number of hydrogen-bond acceptors (Lipinski definition) is 5. The summed E-state index contributed by atoms with van der Waals surface area (Å²) < 4.78 is 6.82. The Kier molecular flexibility index (Phi) is 4.77. The van der Waals surface area contributed by atoms with Gasteiger partial charge in [0.25, 0.3) is 0 Å². The van der Waals surface area contributed by atoms with E-state index in [9.17, 15) is 4.79 Å². The van der Waals surface area contributed by atoms with Crippen LogP contribution in [0.5, 0.6) is 0 Å². The van der Waals surface area contributed by atoms with E-state index in [1.54, 1.807) is 17.8 Å². The van der Waals surface area contributed by atoms with Gasteiger partial charge in [-0.1, -0.05) is 6.92 Å². The standard InChI is InChI=1S/C14H24N4O2/c1-4-20-14(19)11-7-16-17(3)13(11)9-18-6-5-10(2)12(15)8-18/h7,10,12H,4-6,8-9,15H2,1-3H3. The van der Waals surface area contributed by atoms with Crippen molar-refractivity contribution in [3.63, 3.8) is 0 Å². The highest BCUT2D eigenvalue weighted by atomic mass is 16.5. The van der Waals surface area contributed by atoms with Gasteiger partial charge in [-0.15, -0.1) is 0 Å². The Bertz CT molecular complexity index is 472. The number of hydrogen-bond donors (Lipinski definition) is 1. The minimum Gasteiger partial charge on any atom is -0.462 e. The van der Waals surface area contributed by atoms with Crippen LogP contribution in [0.2, 0.25) is 0 Å². The number of piperidine rings is 1. The number of carbonyl (C=O) groups excluding carboxylic acids is 1. The lowest BCUT2D eigenvalue weighted by atomic mass is 9.94. The summed E-state index contributed by atoms with van der Waals surface area (Å²) in [6.45, 7) is 6.91. The maximum Gasteiger partial charge on any atom is 0.341 e. The summed E-state index contributed by atoms with van der Waals surface area (Å²) in [6.07, 6.45) is 2.67. The Hall–Kier alpha value is -1.40. The van der Waals surface area contributed by atoms with E-state index in [-0.39, 0.29) is 12.0 Å². The predicted molar refractivity (Wildman–Crippen MR) is 76.2 cm³/mol. The Morgan fingerprint density at radius 1 is 1.60 bits per heavy atom. The van der Waals surface area contributed by atoms with Crippen LogP contribution in [0.3, 0.4) is 0 Å². The first-order valence-corrected chi connectivity index (χ1v) is 7.18. The van der Waals surface area contributed by atoms with Crippen LogP contribution in [0.25, 0.3) is 0 Å². The van der Waals surface area contributed by atoms with Crippen LogP contribution in [-0.4, -0.2) is 46.4 Å². The van der Waals surface area contributed by atoms with E-state index in [1.165, 1.54) is 0 Å². The lowest BCUT2D eigenvalue weighted by Gasteiger charge is -2.35. The molecule has 20 heavy (non-hydrogen) atoms. The van der Waals surface area contributed by atoms with Crippen LogP contribution in [0.4, 0.5) is 0 Å². The van der Waals surface area contributed by atoms with Gasteiger partial charge in [0, 0.05) is 26.2 Å². The van der Waals surface area contributed by atoms with E-state index in [4.69, 9.17) is 10.5 Å². The third-order valence-corrected chi connectivity index (χ3v) is 4.03. The fraction of sp³-hybridized carbons (Fsp3) is 0.714. The quantitative estimate of drug-likeness (QED) is 0.825. The summed E-state index contributed by atoms with van der Waals surface area (Å²) in [5.74, 6) is 0.257. The largest absolute Gasteiger partial charge is 0.462 e. The van der Waals surface area contributed by atoms with E-state index in [0.29, 0.717) is 24.6 Å². The van der Waals surface area contributed by atoms with Crippen molar-refractivity contribution in [3.8, 4) is 0 Å². The minimum atomic E-state index is -0.301. The van der Waals surface area contributed by atoms with E-state index in [0.717, 1.165) is 25.2 Å². The van der Waals surface area contributed by atoms with Crippen molar-refractivity contribution in [2.75, 3.05) is 19.7 Å². The summed E-state index contributed by atoms with van der Waals surface area (Å²) in [5.41, 5.74) is 7.58. The number of ether oxygens (including phenoxy) is 1. The molecule has 0 radical (unpaired) electrons. The molecule has 6 heteroatoms. The van der Waals surface area contributed by atoms with Gasteiger partial charge in [-0.25, -0.2) is 4.79 Å². The molecule has 0 aromatic carbocycles. The summed E-state index contributed by atoms with van der Waals surface area (Å²) >= 11 is 0. The van der Waals surface area contributed by atoms with Crippen molar-refractivity contribution < 1.29 is 9.53 Å². The number of nitrogens with zero attached hydrogens (tertiary/aromatic N) is 3. The van der Waals surface area contributed by atoms with Crippen molar-refractivity contribution >= 4 is 5.97 Å². The average Bonchev–Trinajstić information content (AvgIpc) is 2.76. The lowest BCUT2D eigenvalue weighted by molar-refractivity contribution is 0.0522. The van der Waals surface area contributed by atoms with E-state index >= 15 is 0 Å². The molecule has 0 amide bonds. The highest BCUT2D eigenvalue weighted by Crippen LogP contribution is 2.19. The Labute approximate surface area is 119 Å². The van der Waals surface area contributed by atoms with Gasteiger partial charge in [0.05, 0.1) is 18.5 Å². The van der Waals surface area contributed by atoms with Crippen molar-refractivity contribution in [1.29, 1.82) is 0 Å². The van der Waals surface area contributed by atoms with Crippen LogP contribution in [0.1, 0.15) is 36.3 Å². The second-order valence-corrected chi connectivity index (χ2v) is 5.51. The van der Waals surface area contributed by atoms with E-state index < -0.39 is 0 Å². The molecule has 1 saturated heterocycles. The normalized spacial score (nSPS) is 23.8. The van der Waals surface area contributed by atoms with E-state index in [2.05, 4.69) is 16.9 Å². The van der Waals surface area contributed by atoms with Crippen molar-refractivity contribution in [2.45, 2.75) is 32.9 Å².